The smallest absolute Gasteiger partial charge is 0.355 e. The van der Waals surface area contributed by atoms with E-state index in [1.54, 1.807) is 0 Å². The molecule has 0 fully saturated rings. The number of aromatic nitrogens is 2. The molecule has 0 unspecified atom stereocenters. The molecule has 0 atom stereocenters. The second-order valence-corrected chi connectivity index (χ2v) is 6.52. The van der Waals surface area contributed by atoms with Crippen LogP contribution in [0, 0.1) is 13.8 Å². The van der Waals surface area contributed by atoms with Crippen LogP contribution in [0.3, 0.4) is 0 Å². The number of carbonyl (C=O) groups is 2. The Hall–Kier alpha value is -2.79. The lowest BCUT2D eigenvalue weighted by Crippen LogP contribution is -2.15. The largest absolute Gasteiger partial charge is 0.453 e. The standard InChI is InChI=1S/C20H19ClN2O3/c1-13-8-17(14(2)23(13)11-15-6-4-3-5-7-15)19(24)12-26-20(25)18-9-16(21)10-22-18/h3-10,22H,11-12H2,1-2H3. The highest BCUT2D eigenvalue weighted by Gasteiger charge is 2.18. The highest BCUT2D eigenvalue weighted by atomic mass is 35.5. The van der Waals surface area contributed by atoms with Crippen molar-refractivity contribution in [3.8, 4) is 0 Å². The molecule has 0 saturated carbocycles. The number of rotatable bonds is 6. The van der Waals surface area contributed by atoms with Gasteiger partial charge in [0.15, 0.2) is 6.61 Å². The third kappa shape index (κ3) is 3.89. The van der Waals surface area contributed by atoms with Crippen LogP contribution in [0.4, 0.5) is 0 Å². The molecule has 0 bridgehead atoms. The summed E-state index contributed by atoms with van der Waals surface area (Å²) in [5, 5.41) is 0.410. The zero-order chi connectivity index (χ0) is 18.7. The Morgan fingerprint density at radius 1 is 1.15 bits per heavy atom. The molecule has 0 aliphatic rings. The van der Waals surface area contributed by atoms with Crippen LogP contribution in [-0.4, -0.2) is 27.9 Å². The number of aryl methyl sites for hydroxylation is 1. The molecule has 0 aliphatic heterocycles. The molecule has 6 heteroatoms. The summed E-state index contributed by atoms with van der Waals surface area (Å²) in [6.45, 7) is 4.23. The van der Waals surface area contributed by atoms with Crippen LogP contribution >= 0.6 is 11.6 Å². The molecule has 0 aliphatic carbocycles. The van der Waals surface area contributed by atoms with E-state index in [0.29, 0.717) is 17.1 Å². The van der Waals surface area contributed by atoms with Gasteiger partial charge in [-0.2, -0.15) is 0 Å². The third-order valence-electron chi connectivity index (χ3n) is 4.26. The van der Waals surface area contributed by atoms with Crippen molar-refractivity contribution in [3.05, 3.63) is 81.9 Å². The number of hydrogen-bond acceptors (Lipinski definition) is 3. The van der Waals surface area contributed by atoms with Crippen LogP contribution in [0.15, 0.2) is 48.7 Å². The number of nitrogens with zero attached hydrogens (tertiary/aromatic N) is 1. The van der Waals surface area contributed by atoms with Crippen LogP contribution in [0.2, 0.25) is 5.02 Å². The first-order valence-corrected chi connectivity index (χ1v) is 8.58. The maximum atomic E-state index is 12.5. The molecule has 3 rings (SSSR count). The molecule has 0 spiro atoms. The molecule has 2 aromatic heterocycles. The Balaban J connectivity index is 1.70. The topological polar surface area (TPSA) is 64.1 Å². The van der Waals surface area contributed by atoms with Gasteiger partial charge in [0, 0.05) is 29.7 Å². The van der Waals surface area contributed by atoms with Crippen molar-refractivity contribution in [3.63, 3.8) is 0 Å². The van der Waals surface area contributed by atoms with Gasteiger partial charge in [0.2, 0.25) is 5.78 Å². The minimum atomic E-state index is -0.608. The second kappa shape index (κ2) is 7.62. The van der Waals surface area contributed by atoms with Gasteiger partial charge in [0.25, 0.3) is 0 Å². The molecule has 1 aromatic carbocycles. The van der Waals surface area contributed by atoms with Crippen molar-refractivity contribution in [2.24, 2.45) is 0 Å². The van der Waals surface area contributed by atoms with E-state index in [2.05, 4.69) is 9.55 Å². The number of halogens is 1. The monoisotopic (exact) mass is 370 g/mol. The Morgan fingerprint density at radius 3 is 2.54 bits per heavy atom. The molecule has 1 N–H and O–H groups in total. The van der Waals surface area contributed by atoms with E-state index in [0.717, 1.165) is 17.0 Å². The highest BCUT2D eigenvalue weighted by Crippen LogP contribution is 2.18. The molecule has 0 amide bonds. The lowest BCUT2D eigenvalue weighted by atomic mass is 10.1. The molecule has 3 aromatic rings. The van der Waals surface area contributed by atoms with Gasteiger partial charge in [-0.3, -0.25) is 4.79 Å². The number of aromatic amines is 1. The van der Waals surface area contributed by atoms with Crippen molar-refractivity contribution in [1.29, 1.82) is 0 Å². The normalized spacial score (nSPS) is 10.7. The quantitative estimate of drug-likeness (QED) is 0.523. The van der Waals surface area contributed by atoms with Gasteiger partial charge in [0.05, 0.1) is 5.02 Å². The fourth-order valence-electron chi connectivity index (χ4n) is 2.87. The molecule has 5 nitrogen and oxygen atoms in total. The highest BCUT2D eigenvalue weighted by molar-refractivity contribution is 6.30. The Bertz CT molecular complexity index is 941. The molecule has 0 radical (unpaired) electrons. The zero-order valence-corrected chi connectivity index (χ0v) is 15.3. The van der Waals surface area contributed by atoms with Gasteiger partial charge < -0.3 is 14.3 Å². The number of Topliss-reactive ketones (excluding diaryl/α,β-unsaturated/α-hetero) is 1. The molecular formula is C20H19ClN2O3. The van der Waals surface area contributed by atoms with Crippen LogP contribution in [0.1, 0.15) is 37.8 Å². The summed E-state index contributed by atoms with van der Waals surface area (Å²) in [5.74, 6) is -0.841. The zero-order valence-electron chi connectivity index (χ0n) is 14.6. The Kier molecular flexibility index (Phi) is 5.28. The Labute approximate surface area is 156 Å². The molecule has 2 heterocycles. The van der Waals surface area contributed by atoms with Crippen molar-refractivity contribution in [2.45, 2.75) is 20.4 Å². The summed E-state index contributed by atoms with van der Waals surface area (Å²) in [6.07, 6.45) is 1.48. The summed E-state index contributed by atoms with van der Waals surface area (Å²) >= 11 is 5.76. The third-order valence-corrected chi connectivity index (χ3v) is 4.48. The molecule has 134 valence electrons. The minimum absolute atomic E-state index is 0.220. The van der Waals surface area contributed by atoms with Crippen molar-refractivity contribution >= 4 is 23.4 Å². The lowest BCUT2D eigenvalue weighted by Gasteiger charge is -2.10. The summed E-state index contributed by atoms with van der Waals surface area (Å²) < 4.78 is 7.17. The van der Waals surface area contributed by atoms with Gasteiger partial charge in [-0.15, -0.1) is 0 Å². The lowest BCUT2D eigenvalue weighted by molar-refractivity contribution is 0.0469. The van der Waals surface area contributed by atoms with E-state index < -0.39 is 5.97 Å². The number of H-pyrrole nitrogens is 1. The Morgan fingerprint density at radius 2 is 1.88 bits per heavy atom. The first-order valence-electron chi connectivity index (χ1n) is 8.20. The number of nitrogens with one attached hydrogen (secondary N) is 1. The van der Waals surface area contributed by atoms with E-state index >= 15 is 0 Å². The van der Waals surface area contributed by atoms with Crippen LogP contribution in [0.5, 0.6) is 0 Å². The van der Waals surface area contributed by atoms with Crippen LogP contribution in [-0.2, 0) is 11.3 Å². The van der Waals surface area contributed by atoms with Gasteiger partial charge in [-0.1, -0.05) is 41.9 Å². The van der Waals surface area contributed by atoms with Gasteiger partial charge in [-0.05, 0) is 31.5 Å². The second-order valence-electron chi connectivity index (χ2n) is 6.09. The van der Waals surface area contributed by atoms with Crippen molar-refractivity contribution in [2.75, 3.05) is 6.61 Å². The predicted octanol–water partition coefficient (Wildman–Crippen LogP) is 4.17. The number of benzene rings is 1. The van der Waals surface area contributed by atoms with Crippen LogP contribution < -0.4 is 0 Å². The van der Waals surface area contributed by atoms with Gasteiger partial charge in [-0.25, -0.2) is 4.79 Å². The average molecular weight is 371 g/mol. The number of ether oxygens (including phenoxy) is 1. The maximum absolute atomic E-state index is 12.5. The predicted molar refractivity (Wildman–Crippen MR) is 99.9 cm³/mol. The van der Waals surface area contributed by atoms with Crippen LogP contribution in [0.25, 0.3) is 0 Å². The molecular weight excluding hydrogens is 352 g/mol. The summed E-state index contributed by atoms with van der Waals surface area (Å²) in [4.78, 5) is 27.1. The summed E-state index contributed by atoms with van der Waals surface area (Å²) in [7, 11) is 0. The molecule has 26 heavy (non-hydrogen) atoms. The van der Waals surface area contributed by atoms with Gasteiger partial charge >= 0.3 is 5.97 Å². The first kappa shape index (κ1) is 18.0. The number of hydrogen-bond donors (Lipinski definition) is 1. The van der Waals surface area contributed by atoms with E-state index in [-0.39, 0.29) is 18.1 Å². The fraction of sp³-hybridized carbons (Fsp3) is 0.200. The molecule has 0 saturated heterocycles. The van der Waals surface area contributed by atoms with E-state index in [4.69, 9.17) is 16.3 Å². The number of esters is 1. The fourth-order valence-corrected chi connectivity index (χ4v) is 3.03. The van der Waals surface area contributed by atoms with Crippen molar-refractivity contribution in [1.82, 2.24) is 9.55 Å². The number of carbonyl (C=O) groups excluding carboxylic acids is 2. The first-order chi connectivity index (χ1) is 12.5. The van der Waals surface area contributed by atoms with Crippen molar-refractivity contribution < 1.29 is 14.3 Å². The average Bonchev–Trinajstić information content (AvgIpc) is 3.19. The van der Waals surface area contributed by atoms with E-state index in [1.165, 1.54) is 12.3 Å². The summed E-state index contributed by atoms with van der Waals surface area (Å²) in [5.41, 5.74) is 3.78. The maximum Gasteiger partial charge on any atom is 0.355 e. The summed E-state index contributed by atoms with van der Waals surface area (Å²) in [6, 6.07) is 13.3. The van der Waals surface area contributed by atoms with E-state index in [1.807, 2.05) is 50.2 Å². The van der Waals surface area contributed by atoms with E-state index in [9.17, 15) is 9.59 Å². The number of ketones is 1. The minimum Gasteiger partial charge on any atom is -0.453 e. The van der Waals surface area contributed by atoms with Gasteiger partial charge in [0.1, 0.15) is 5.69 Å². The SMILES string of the molecule is Cc1cc(C(=O)COC(=O)c2cc(Cl)c[nH]2)c(C)n1Cc1ccccc1.